The molecule has 1 aromatic heterocycles. The van der Waals surface area contributed by atoms with Crippen molar-refractivity contribution in [3.8, 4) is 5.75 Å². The van der Waals surface area contributed by atoms with Gasteiger partial charge in [0, 0.05) is 5.56 Å². The van der Waals surface area contributed by atoms with Crippen LogP contribution in [0.25, 0.3) is 0 Å². The second-order valence-corrected chi connectivity index (χ2v) is 5.33. The first-order valence-corrected chi connectivity index (χ1v) is 7.33. The summed E-state index contributed by atoms with van der Waals surface area (Å²) in [6.45, 7) is -3.55. The van der Waals surface area contributed by atoms with Gasteiger partial charge in [-0.05, 0) is 24.3 Å². The summed E-state index contributed by atoms with van der Waals surface area (Å²) in [5, 5.41) is 5.28. The number of ether oxygens (including phenoxy) is 1. The molecule has 0 fully saturated rings. The molecule has 0 aliphatic heterocycles. The molecule has 1 aromatic carbocycles. The van der Waals surface area contributed by atoms with Gasteiger partial charge in [0.05, 0.1) is 11.2 Å². The van der Waals surface area contributed by atoms with Gasteiger partial charge in [0.25, 0.3) is 11.5 Å². The number of hydrogen-bond acceptors (Lipinski definition) is 5. The summed E-state index contributed by atoms with van der Waals surface area (Å²) in [6.07, 6.45) is 1.09. The van der Waals surface area contributed by atoms with E-state index in [9.17, 15) is 23.2 Å². The lowest BCUT2D eigenvalue weighted by atomic mass is 10.2. The monoisotopic (exact) mass is 391 g/mol. The minimum atomic E-state index is -2.99. The minimum absolute atomic E-state index is 0.0319. The van der Waals surface area contributed by atoms with Crippen LogP contribution in [0.5, 0.6) is 5.75 Å². The van der Waals surface area contributed by atoms with Crippen LogP contribution in [-0.2, 0) is 11.3 Å². The van der Waals surface area contributed by atoms with Crippen LogP contribution in [0.1, 0.15) is 10.4 Å². The Hall–Kier alpha value is -2.52. The van der Waals surface area contributed by atoms with Crippen LogP contribution in [0, 0.1) is 0 Å². The number of benzene rings is 1. The highest BCUT2D eigenvalue weighted by atomic mass is 35.5. The van der Waals surface area contributed by atoms with Crippen molar-refractivity contribution >= 4 is 35.0 Å². The molecule has 0 saturated carbocycles. The number of nitrogens with one attached hydrogen (secondary N) is 1. The van der Waals surface area contributed by atoms with E-state index in [1.54, 1.807) is 0 Å². The second kappa shape index (κ2) is 8.04. The Morgan fingerprint density at radius 1 is 1.24 bits per heavy atom. The zero-order valence-electron chi connectivity index (χ0n) is 12.2. The average molecular weight is 392 g/mol. The summed E-state index contributed by atoms with van der Waals surface area (Å²) in [4.78, 5) is 35.5. The van der Waals surface area contributed by atoms with E-state index in [1.165, 1.54) is 12.1 Å². The van der Waals surface area contributed by atoms with E-state index in [2.05, 4.69) is 9.84 Å². The Bertz CT molecular complexity index is 856. The van der Waals surface area contributed by atoms with Crippen molar-refractivity contribution in [2.24, 2.45) is 0 Å². The average Bonchev–Trinajstić information content (AvgIpc) is 2.55. The maximum Gasteiger partial charge on any atom is 0.387 e. The number of amides is 2. The van der Waals surface area contributed by atoms with Gasteiger partial charge in [-0.2, -0.15) is 13.9 Å². The highest BCUT2D eigenvalue weighted by molar-refractivity contribution is 6.41. The predicted octanol–water partition coefficient (Wildman–Crippen LogP) is 2.11. The third-order valence-electron chi connectivity index (χ3n) is 2.83. The van der Waals surface area contributed by atoms with E-state index < -0.39 is 30.5 Å². The zero-order chi connectivity index (χ0) is 18.6. The van der Waals surface area contributed by atoms with Gasteiger partial charge >= 0.3 is 6.61 Å². The molecule has 0 atom stereocenters. The number of carbonyl (C=O) groups is 2. The first-order valence-electron chi connectivity index (χ1n) is 6.58. The first-order chi connectivity index (χ1) is 11.8. The van der Waals surface area contributed by atoms with Crippen molar-refractivity contribution in [3.05, 3.63) is 56.4 Å². The molecule has 7 nitrogen and oxygen atoms in total. The van der Waals surface area contributed by atoms with Crippen LogP contribution >= 0.6 is 23.2 Å². The Balaban J connectivity index is 2.02. The van der Waals surface area contributed by atoms with Gasteiger partial charge in [0.15, 0.2) is 0 Å². The van der Waals surface area contributed by atoms with Gasteiger partial charge < -0.3 is 4.74 Å². The topological polar surface area (TPSA) is 90.3 Å². The van der Waals surface area contributed by atoms with E-state index in [0.29, 0.717) is 0 Å². The van der Waals surface area contributed by atoms with Gasteiger partial charge in [-0.1, -0.05) is 23.2 Å². The number of halogens is 4. The molecule has 0 radical (unpaired) electrons. The van der Waals surface area contributed by atoms with E-state index >= 15 is 0 Å². The fourth-order valence-electron chi connectivity index (χ4n) is 1.72. The number of rotatable bonds is 5. The molecule has 2 amide bonds. The lowest BCUT2D eigenvalue weighted by Gasteiger charge is -2.07. The largest absolute Gasteiger partial charge is 0.435 e. The summed E-state index contributed by atoms with van der Waals surface area (Å²) >= 11 is 11.3. The SMILES string of the molecule is O=C(Cn1ncc(Cl)c(Cl)c1=O)NC(=O)c1ccc(OC(F)F)cc1. The molecule has 0 unspecified atom stereocenters. The van der Waals surface area contributed by atoms with Gasteiger partial charge in [-0.3, -0.25) is 19.7 Å². The van der Waals surface area contributed by atoms with E-state index in [-0.39, 0.29) is 21.4 Å². The molecule has 0 bridgehead atoms. The van der Waals surface area contributed by atoms with Gasteiger partial charge in [-0.25, -0.2) is 4.68 Å². The highest BCUT2D eigenvalue weighted by Gasteiger charge is 2.14. The van der Waals surface area contributed by atoms with Crippen LogP contribution in [-0.4, -0.2) is 28.2 Å². The normalized spacial score (nSPS) is 10.6. The van der Waals surface area contributed by atoms with Gasteiger partial charge in [-0.15, -0.1) is 0 Å². The summed E-state index contributed by atoms with van der Waals surface area (Å²) in [7, 11) is 0. The van der Waals surface area contributed by atoms with Crippen molar-refractivity contribution in [3.63, 3.8) is 0 Å². The van der Waals surface area contributed by atoms with Crippen LogP contribution in [0.4, 0.5) is 8.78 Å². The number of imide groups is 1. The zero-order valence-corrected chi connectivity index (χ0v) is 13.7. The second-order valence-electron chi connectivity index (χ2n) is 4.55. The summed E-state index contributed by atoms with van der Waals surface area (Å²) < 4.78 is 29.0. The Labute approximate surface area is 149 Å². The number of carbonyl (C=O) groups excluding carboxylic acids is 2. The molecule has 1 N–H and O–H groups in total. The van der Waals surface area contributed by atoms with E-state index in [1.807, 2.05) is 5.32 Å². The molecule has 1 heterocycles. The lowest BCUT2D eigenvalue weighted by molar-refractivity contribution is -0.120. The molecule has 0 aliphatic carbocycles. The Kier molecular flexibility index (Phi) is 6.05. The minimum Gasteiger partial charge on any atom is -0.435 e. The molecule has 0 aliphatic rings. The first kappa shape index (κ1) is 18.8. The van der Waals surface area contributed by atoms with Crippen LogP contribution in [0.15, 0.2) is 35.3 Å². The van der Waals surface area contributed by atoms with E-state index in [4.69, 9.17) is 23.2 Å². The molecule has 25 heavy (non-hydrogen) atoms. The van der Waals surface area contributed by atoms with Crippen LogP contribution < -0.4 is 15.6 Å². The maximum absolute atomic E-state index is 12.0. The smallest absolute Gasteiger partial charge is 0.387 e. The summed E-state index contributed by atoms with van der Waals surface area (Å²) in [5.74, 6) is -1.75. The predicted molar refractivity (Wildman–Crippen MR) is 84.1 cm³/mol. The lowest BCUT2D eigenvalue weighted by Crippen LogP contribution is -2.37. The third-order valence-corrected chi connectivity index (χ3v) is 3.58. The maximum atomic E-state index is 12.0. The molecule has 132 valence electrons. The van der Waals surface area contributed by atoms with Crippen molar-refractivity contribution in [1.29, 1.82) is 0 Å². The van der Waals surface area contributed by atoms with Gasteiger partial charge in [0.1, 0.15) is 17.3 Å². The van der Waals surface area contributed by atoms with Crippen molar-refractivity contribution in [2.45, 2.75) is 13.2 Å². The molecular weight excluding hydrogens is 383 g/mol. The van der Waals surface area contributed by atoms with Crippen LogP contribution in [0.3, 0.4) is 0 Å². The quantitative estimate of drug-likeness (QED) is 0.842. The fraction of sp³-hybridized carbons (Fsp3) is 0.143. The van der Waals surface area contributed by atoms with E-state index in [0.717, 1.165) is 23.0 Å². The molecular formula is C14H9Cl2F2N3O4. The molecule has 0 saturated heterocycles. The molecule has 11 heteroatoms. The van der Waals surface area contributed by atoms with Crippen LogP contribution in [0.2, 0.25) is 10.0 Å². The van der Waals surface area contributed by atoms with Crippen molar-refractivity contribution in [1.82, 2.24) is 15.1 Å². The Morgan fingerprint density at radius 2 is 1.88 bits per heavy atom. The summed E-state index contributed by atoms with van der Waals surface area (Å²) in [5.41, 5.74) is -0.755. The molecule has 2 rings (SSSR count). The number of aromatic nitrogens is 2. The number of hydrogen-bond donors (Lipinski definition) is 1. The standard InChI is InChI=1S/C14H9Cl2F2N3O4/c15-9-5-19-21(13(24)11(9)16)6-10(22)20-12(23)7-1-3-8(4-2-7)25-14(17)18/h1-5,14H,6H2,(H,20,22,23). The summed E-state index contributed by atoms with van der Waals surface area (Å²) in [6, 6.07) is 4.70. The Morgan fingerprint density at radius 3 is 2.48 bits per heavy atom. The van der Waals surface area contributed by atoms with Crippen molar-refractivity contribution < 1.29 is 23.1 Å². The number of alkyl halides is 2. The number of nitrogens with zero attached hydrogens (tertiary/aromatic N) is 2. The third kappa shape index (κ3) is 4.97. The molecule has 0 spiro atoms. The van der Waals surface area contributed by atoms with Gasteiger partial charge in [0.2, 0.25) is 5.91 Å². The molecule has 2 aromatic rings. The fourth-order valence-corrected chi connectivity index (χ4v) is 1.99. The van der Waals surface area contributed by atoms with Crippen molar-refractivity contribution in [2.75, 3.05) is 0 Å². The highest BCUT2D eigenvalue weighted by Crippen LogP contribution is 2.15.